The van der Waals surface area contributed by atoms with Crippen LogP contribution >= 0.6 is 34.8 Å². The molecule has 0 unspecified atom stereocenters. The maximum Gasteiger partial charge on any atom is 0.294 e. The van der Waals surface area contributed by atoms with Crippen LogP contribution in [0.1, 0.15) is 165 Å². The van der Waals surface area contributed by atoms with E-state index in [0.717, 1.165) is 0 Å². The first-order valence-electron chi connectivity index (χ1n) is 26.9. The van der Waals surface area contributed by atoms with E-state index in [-0.39, 0.29) is 71.7 Å². The second-order valence-corrected chi connectivity index (χ2v) is 24.6. The molecule has 6 rings (SSSR count). The molecular weight excluding hydrogens is 1180 g/mol. The molecule has 462 valence electrons. The number of halogens is 6. The van der Waals surface area contributed by atoms with E-state index >= 15 is 0 Å². The molecule has 24 heteroatoms. The number of aryl methyl sites for hydroxylation is 3. The van der Waals surface area contributed by atoms with Crippen molar-refractivity contribution in [1.82, 2.24) is 29.7 Å². The van der Waals surface area contributed by atoms with Gasteiger partial charge in [0.05, 0.1) is 31.8 Å². The lowest BCUT2D eigenvalue weighted by Gasteiger charge is -2.23. The molecule has 3 heterocycles. The summed E-state index contributed by atoms with van der Waals surface area (Å²) in [7, 11) is 4.67. The van der Waals surface area contributed by atoms with Gasteiger partial charge in [0.2, 0.25) is 0 Å². The normalized spacial score (nSPS) is 11.3. The molecule has 6 N–H and O–H groups in total. The van der Waals surface area contributed by atoms with Crippen LogP contribution in [-0.4, -0.2) is 84.1 Å². The van der Waals surface area contributed by atoms with Crippen molar-refractivity contribution in [3.63, 3.8) is 0 Å². The van der Waals surface area contributed by atoms with Gasteiger partial charge in [-0.25, -0.2) is 13.2 Å². The molecule has 0 saturated heterocycles. The molecule has 0 fully saturated rings. The number of anilines is 3. The topological polar surface area (TPSA) is 241 Å². The summed E-state index contributed by atoms with van der Waals surface area (Å²) < 4.78 is 44.5. The summed E-state index contributed by atoms with van der Waals surface area (Å²) in [4.78, 5) is 113. The fourth-order valence-electron chi connectivity index (χ4n) is 8.17. The first-order valence-corrected chi connectivity index (χ1v) is 28.0. The molecule has 0 aliphatic heterocycles. The van der Waals surface area contributed by atoms with Gasteiger partial charge in [-0.05, 0) is 159 Å². The van der Waals surface area contributed by atoms with Crippen LogP contribution in [-0.2, 0) is 35.5 Å². The molecule has 0 atom stereocenters. The maximum absolute atomic E-state index is 13.4. The minimum atomic E-state index is -0.831. The quantitative estimate of drug-likeness (QED) is 0.0423. The van der Waals surface area contributed by atoms with Crippen LogP contribution in [0.3, 0.4) is 0 Å². The van der Waals surface area contributed by atoms with Crippen LogP contribution in [0.15, 0.2) is 54.6 Å². The number of hydrogen-bond donors (Lipinski definition) is 6. The molecule has 6 amide bonds. The summed E-state index contributed by atoms with van der Waals surface area (Å²) in [5, 5.41) is 15.5. The standard InChI is InChI=1S/2C21H25ClFN3O3.C20H23ClFN3O3/c1-11-9-13(7-8-14(11)23)25-19(28)15-12(2)26(6)17(16(15)22)18(27)20(29)24-10-21(3,4)5;1-7-21(4,5)25-20(29)18(27)17-16(22)15(12(3)26(17)6)19(28)24-13-8-9-14(23)11(2)10-13;1-10-9-12(7-8-13(10)22)23-18(27)14-11(2)25(6)16(15(14)21)17(26)19(28)24-20(3,4)5/h7-9H,10H2,1-6H3,(H,24,29)(H,25,28);8-10H,7H2,1-6H3,(H,24,28)(H,25,29);7-9H,1-6H3,(H,23,27)(H,24,28). The molecule has 0 aliphatic rings. The largest absolute Gasteiger partial charge is 0.349 e. The van der Waals surface area contributed by atoms with Crippen molar-refractivity contribution < 1.29 is 56.3 Å². The number of rotatable bonds is 15. The summed E-state index contributed by atoms with van der Waals surface area (Å²) in [6, 6.07) is 12.5. The second kappa shape index (κ2) is 28.0. The molecule has 6 aromatic rings. The number of Topliss-reactive ketones (excluding diaryl/α,β-unsaturated/α-hetero) is 3. The van der Waals surface area contributed by atoms with Gasteiger partial charge in [-0.2, -0.15) is 0 Å². The number of aromatic nitrogens is 3. The molecule has 0 saturated carbocycles. The van der Waals surface area contributed by atoms with Crippen LogP contribution in [0.25, 0.3) is 0 Å². The van der Waals surface area contributed by atoms with Crippen molar-refractivity contribution in [2.24, 2.45) is 26.6 Å². The van der Waals surface area contributed by atoms with Crippen molar-refractivity contribution in [3.05, 3.63) is 155 Å². The van der Waals surface area contributed by atoms with Crippen LogP contribution in [0, 0.1) is 64.4 Å². The highest BCUT2D eigenvalue weighted by Gasteiger charge is 2.35. The van der Waals surface area contributed by atoms with E-state index in [1.165, 1.54) is 68.3 Å². The smallest absolute Gasteiger partial charge is 0.294 e. The Balaban J connectivity index is 0.000000276. The second-order valence-electron chi connectivity index (χ2n) is 23.4. The third-order valence-corrected chi connectivity index (χ3v) is 14.8. The number of amides is 6. The average molecular weight is 1250 g/mol. The van der Waals surface area contributed by atoms with Gasteiger partial charge >= 0.3 is 0 Å². The highest BCUT2D eigenvalue weighted by atomic mass is 35.5. The number of benzene rings is 3. The number of nitrogens with zero attached hydrogens (tertiary/aromatic N) is 3. The summed E-state index contributed by atoms with van der Waals surface area (Å²) in [6.45, 7) is 26.5. The zero-order chi connectivity index (χ0) is 65.6. The Morgan fingerprint density at radius 1 is 0.453 bits per heavy atom. The van der Waals surface area contributed by atoms with Gasteiger partial charge in [-0.3, -0.25) is 43.2 Å². The fraction of sp³-hybridized carbons (Fsp3) is 0.371. The van der Waals surface area contributed by atoms with E-state index in [0.29, 0.717) is 63.8 Å². The molecule has 0 aliphatic carbocycles. The maximum atomic E-state index is 13.4. The Labute approximate surface area is 513 Å². The van der Waals surface area contributed by atoms with E-state index in [1.807, 2.05) is 27.7 Å². The van der Waals surface area contributed by atoms with Crippen LogP contribution in [0.5, 0.6) is 0 Å². The lowest BCUT2D eigenvalue weighted by atomic mass is 9.97. The van der Waals surface area contributed by atoms with Gasteiger partial charge in [-0.15, -0.1) is 0 Å². The van der Waals surface area contributed by atoms with Gasteiger partial charge in [0, 0.05) is 72.9 Å². The Kier molecular flexibility index (Phi) is 23.0. The Morgan fingerprint density at radius 2 is 0.733 bits per heavy atom. The van der Waals surface area contributed by atoms with Gasteiger partial charge in [-0.1, -0.05) is 62.5 Å². The first-order chi connectivity index (χ1) is 39.6. The van der Waals surface area contributed by atoms with Crippen molar-refractivity contribution in [2.45, 2.75) is 121 Å². The van der Waals surface area contributed by atoms with Gasteiger partial charge in [0.1, 0.15) is 34.5 Å². The Hall–Kier alpha value is -8.01. The molecule has 0 radical (unpaired) electrons. The van der Waals surface area contributed by atoms with E-state index in [9.17, 15) is 56.3 Å². The van der Waals surface area contributed by atoms with E-state index in [4.69, 9.17) is 34.8 Å². The summed E-state index contributed by atoms with van der Waals surface area (Å²) in [5.74, 6) is -7.67. The van der Waals surface area contributed by atoms with Gasteiger partial charge in [0.25, 0.3) is 52.8 Å². The SMILES string of the molecule is CCC(C)(C)NC(=O)C(=O)c1c(Cl)c(C(=O)Nc2ccc(F)c(C)c2)c(C)n1C.Cc1cc(NC(=O)c2c(Cl)c(C(=O)C(=O)NC(C)(C)C)n(C)c2C)ccc1F.Cc1cc(NC(=O)c2c(Cl)c(C(=O)C(=O)NCC(C)(C)C)n(C)c2C)ccc1F. The lowest BCUT2D eigenvalue weighted by molar-refractivity contribution is -0.119. The zero-order valence-corrected chi connectivity index (χ0v) is 53.7. The predicted octanol–water partition coefficient (Wildman–Crippen LogP) is 12.0. The van der Waals surface area contributed by atoms with Crippen molar-refractivity contribution in [3.8, 4) is 0 Å². The molecule has 3 aromatic carbocycles. The van der Waals surface area contributed by atoms with Crippen LogP contribution in [0.4, 0.5) is 30.2 Å². The number of nitrogens with one attached hydrogen (secondary N) is 6. The van der Waals surface area contributed by atoms with Gasteiger partial charge in [0.15, 0.2) is 0 Å². The number of ketones is 3. The molecule has 86 heavy (non-hydrogen) atoms. The molecular formula is C62H73Cl3F3N9O9. The first kappa shape index (κ1) is 70.5. The van der Waals surface area contributed by atoms with Crippen molar-refractivity contribution >= 4 is 105 Å². The highest BCUT2D eigenvalue weighted by Crippen LogP contribution is 2.32. The number of carbonyl (C=O) groups is 9. The van der Waals surface area contributed by atoms with Gasteiger partial charge < -0.3 is 45.6 Å². The lowest BCUT2D eigenvalue weighted by Crippen LogP contribution is -2.46. The van der Waals surface area contributed by atoms with E-state index < -0.39 is 63.9 Å². The van der Waals surface area contributed by atoms with Crippen molar-refractivity contribution in [1.29, 1.82) is 0 Å². The fourth-order valence-corrected chi connectivity index (χ4v) is 9.48. The average Bonchev–Trinajstić information content (AvgIpc) is 1.83. The van der Waals surface area contributed by atoms with E-state index in [1.54, 1.807) is 97.3 Å². The minimum absolute atomic E-state index is 0.0592. The van der Waals surface area contributed by atoms with Crippen LogP contribution in [0.2, 0.25) is 15.1 Å². The predicted molar refractivity (Wildman–Crippen MR) is 329 cm³/mol. The van der Waals surface area contributed by atoms with Crippen LogP contribution < -0.4 is 31.9 Å². The molecule has 18 nitrogen and oxygen atoms in total. The third-order valence-electron chi connectivity index (χ3n) is 13.7. The molecule has 0 spiro atoms. The number of carbonyl (C=O) groups excluding carboxylic acids is 9. The Morgan fingerprint density at radius 3 is 0.988 bits per heavy atom. The summed E-state index contributed by atoms with van der Waals surface area (Å²) >= 11 is 19.0. The monoisotopic (exact) mass is 1250 g/mol. The highest BCUT2D eigenvalue weighted by molar-refractivity contribution is 6.49. The minimum Gasteiger partial charge on any atom is -0.349 e. The van der Waals surface area contributed by atoms with Crippen molar-refractivity contribution in [2.75, 3.05) is 22.5 Å². The summed E-state index contributed by atoms with van der Waals surface area (Å²) in [6.07, 6.45) is 0.636. The summed E-state index contributed by atoms with van der Waals surface area (Å²) in [5.41, 5.74) is 2.31. The number of hydrogen-bond acceptors (Lipinski definition) is 9. The molecule has 3 aromatic heterocycles. The molecule has 0 bridgehead atoms. The Bertz CT molecular complexity index is 3720. The zero-order valence-electron chi connectivity index (χ0n) is 51.4. The third kappa shape index (κ3) is 17.1. The van der Waals surface area contributed by atoms with E-state index in [2.05, 4.69) is 31.9 Å².